The first kappa shape index (κ1) is 17.8. The van der Waals surface area contributed by atoms with Gasteiger partial charge in [-0.15, -0.1) is 0 Å². The van der Waals surface area contributed by atoms with Gasteiger partial charge in [0.2, 0.25) is 0 Å². The van der Waals surface area contributed by atoms with Gasteiger partial charge in [-0.25, -0.2) is 0 Å². The van der Waals surface area contributed by atoms with Crippen molar-refractivity contribution in [2.45, 2.75) is 26.4 Å². The minimum absolute atomic E-state index is 0.285. The third-order valence-electron chi connectivity index (χ3n) is 3.44. The quantitative estimate of drug-likeness (QED) is 0.816. The Balaban J connectivity index is 1.96. The van der Waals surface area contributed by atoms with Crippen LogP contribution < -0.4 is 15.6 Å². The third-order valence-corrected chi connectivity index (χ3v) is 3.77. The number of benzene rings is 2. The summed E-state index contributed by atoms with van der Waals surface area (Å²) in [4.78, 5) is 24.3. The molecule has 0 fully saturated rings. The average molecular weight is 347 g/mol. The number of amides is 2. The van der Waals surface area contributed by atoms with Crippen LogP contribution in [-0.2, 0) is 4.79 Å². The second-order valence-corrected chi connectivity index (χ2v) is 5.61. The van der Waals surface area contributed by atoms with E-state index in [1.54, 1.807) is 30.3 Å². The van der Waals surface area contributed by atoms with Gasteiger partial charge in [-0.1, -0.05) is 48.9 Å². The van der Waals surface area contributed by atoms with Crippen LogP contribution in [0.2, 0.25) is 5.02 Å². The van der Waals surface area contributed by atoms with E-state index in [-0.39, 0.29) is 5.56 Å². The maximum atomic E-state index is 12.2. The molecule has 2 aromatic rings. The molecule has 2 N–H and O–H groups in total. The van der Waals surface area contributed by atoms with E-state index in [4.69, 9.17) is 16.3 Å². The maximum Gasteiger partial charge on any atom is 0.279 e. The Bertz CT molecular complexity index is 734. The Morgan fingerprint density at radius 2 is 1.75 bits per heavy atom. The summed E-state index contributed by atoms with van der Waals surface area (Å²) in [6.45, 7) is 3.73. The first-order valence-electron chi connectivity index (χ1n) is 7.60. The van der Waals surface area contributed by atoms with Crippen LogP contribution >= 0.6 is 11.6 Å². The third kappa shape index (κ3) is 4.49. The van der Waals surface area contributed by atoms with Gasteiger partial charge in [0.25, 0.3) is 11.8 Å². The van der Waals surface area contributed by atoms with Crippen LogP contribution in [0.15, 0.2) is 48.5 Å². The molecule has 0 saturated heterocycles. The lowest BCUT2D eigenvalue weighted by Gasteiger charge is -2.18. The van der Waals surface area contributed by atoms with E-state index in [1.165, 1.54) is 0 Å². The molecular formula is C18H19ClN2O3. The van der Waals surface area contributed by atoms with Gasteiger partial charge in [0.15, 0.2) is 6.10 Å². The highest BCUT2D eigenvalue weighted by molar-refractivity contribution is 6.33. The summed E-state index contributed by atoms with van der Waals surface area (Å²) >= 11 is 5.95. The lowest BCUT2D eigenvalue weighted by Crippen LogP contribution is -2.48. The maximum absolute atomic E-state index is 12.2. The molecule has 2 aromatic carbocycles. The number of rotatable bonds is 5. The number of hydrazine groups is 1. The molecule has 24 heavy (non-hydrogen) atoms. The molecule has 126 valence electrons. The smallest absolute Gasteiger partial charge is 0.279 e. The molecule has 0 aromatic heterocycles. The molecule has 0 aliphatic rings. The fourth-order valence-electron chi connectivity index (χ4n) is 2.08. The summed E-state index contributed by atoms with van der Waals surface area (Å²) in [5.41, 5.74) is 5.95. The number of carbonyl (C=O) groups excluding carboxylic acids is 2. The Hall–Kier alpha value is -2.53. The number of hydrogen-bond acceptors (Lipinski definition) is 3. The van der Waals surface area contributed by atoms with Crippen molar-refractivity contribution < 1.29 is 14.3 Å². The summed E-state index contributed by atoms with van der Waals surface area (Å²) in [6.07, 6.45) is -0.250. The van der Waals surface area contributed by atoms with Gasteiger partial charge in [0, 0.05) is 0 Å². The van der Waals surface area contributed by atoms with Gasteiger partial charge >= 0.3 is 0 Å². The largest absolute Gasteiger partial charge is 0.480 e. The highest BCUT2D eigenvalue weighted by Crippen LogP contribution is 2.19. The Labute approximate surface area is 145 Å². The lowest BCUT2D eigenvalue weighted by atomic mass is 10.2. The Morgan fingerprint density at radius 3 is 2.42 bits per heavy atom. The van der Waals surface area contributed by atoms with Crippen molar-refractivity contribution >= 4 is 23.4 Å². The van der Waals surface area contributed by atoms with Crippen molar-refractivity contribution in [3.05, 3.63) is 64.7 Å². The highest BCUT2D eigenvalue weighted by atomic mass is 35.5. The van der Waals surface area contributed by atoms with Crippen LogP contribution in [0.4, 0.5) is 0 Å². The average Bonchev–Trinajstić information content (AvgIpc) is 2.59. The van der Waals surface area contributed by atoms with Crippen molar-refractivity contribution in [3.8, 4) is 5.75 Å². The summed E-state index contributed by atoms with van der Waals surface area (Å²) in [5.74, 6) is -0.280. The SMILES string of the molecule is CCC(Oc1ccccc1C)C(=O)NNC(=O)c1ccccc1Cl. The normalized spacial score (nSPS) is 11.5. The van der Waals surface area contributed by atoms with Gasteiger partial charge in [0.05, 0.1) is 10.6 Å². The minimum Gasteiger partial charge on any atom is -0.480 e. The van der Waals surface area contributed by atoms with Crippen LogP contribution in [0.5, 0.6) is 5.75 Å². The first-order valence-corrected chi connectivity index (χ1v) is 7.97. The molecule has 0 spiro atoms. The molecule has 0 saturated carbocycles. The monoisotopic (exact) mass is 346 g/mol. The summed E-state index contributed by atoms with van der Waals surface area (Å²) in [7, 11) is 0. The number of halogens is 1. The van der Waals surface area contributed by atoms with Crippen LogP contribution in [0, 0.1) is 6.92 Å². The molecule has 0 aliphatic heterocycles. The molecule has 2 amide bonds. The van der Waals surface area contributed by atoms with E-state index >= 15 is 0 Å². The van der Waals surface area contributed by atoms with Crippen LogP contribution in [0.1, 0.15) is 29.3 Å². The molecule has 0 radical (unpaired) electrons. The van der Waals surface area contributed by atoms with Crippen molar-refractivity contribution in [2.24, 2.45) is 0 Å². The number of para-hydroxylation sites is 1. The summed E-state index contributed by atoms with van der Waals surface area (Å²) < 4.78 is 5.73. The van der Waals surface area contributed by atoms with Crippen molar-refractivity contribution in [2.75, 3.05) is 0 Å². The lowest BCUT2D eigenvalue weighted by molar-refractivity contribution is -0.128. The van der Waals surface area contributed by atoms with Crippen molar-refractivity contribution in [1.82, 2.24) is 10.9 Å². The molecular weight excluding hydrogens is 328 g/mol. The number of carbonyl (C=O) groups is 2. The Kier molecular flexibility index (Phi) is 6.21. The number of aryl methyl sites for hydroxylation is 1. The zero-order chi connectivity index (χ0) is 17.5. The van der Waals surface area contributed by atoms with E-state index in [2.05, 4.69) is 10.9 Å². The summed E-state index contributed by atoms with van der Waals surface area (Å²) in [6, 6.07) is 14.0. The molecule has 0 heterocycles. The van der Waals surface area contributed by atoms with E-state index in [0.29, 0.717) is 17.2 Å². The molecule has 1 unspecified atom stereocenters. The van der Waals surface area contributed by atoms with Gasteiger partial charge in [-0.2, -0.15) is 0 Å². The molecule has 0 aliphatic carbocycles. The standard InChI is InChI=1S/C18H19ClN2O3/c1-3-15(24-16-11-7-4-8-12(16)2)18(23)21-20-17(22)13-9-5-6-10-14(13)19/h4-11,15H,3H2,1-2H3,(H,20,22)(H,21,23). The molecule has 0 bridgehead atoms. The van der Waals surface area contributed by atoms with Crippen molar-refractivity contribution in [3.63, 3.8) is 0 Å². The van der Waals surface area contributed by atoms with E-state index in [0.717, 1.165) is 5.56 Å². The highest BCUT2D eigenvalue weighted by Gasteiger charge is 2.20. The predicted molar refractivity (Wildman–Crippen MR) is 92.9 cm³/mol. The second kappa shape index (κ2) is 8.36. The van der Waals surface area contributed by atoms with Crippen LogP contribution in [0.3, 0.4) is 0 Å². The number of ether oxygens (including phenoxy) is 1. The molecule has 1 atom stereocenters. The van der Waals surface area contributed by atoms with Gasteiger partial charge in [-0.3, -0.25) is 20.4 Å². The van der Waals surface area contributed by atoms with Gasteiger partial charge in [0.1, 0.15) is 5.75 Å². The topological polar surface area (TPSA) is 67.4 Å². The second-order valence-electron chi connectivity index (χ2n) is 5.20. The van der Waals surface area contributed by atoms with Gasteiger partial charge in [-0.05, 0) is 37.1 Å². The predicted octanol–water partition coefficient (Wildman–Crippen LogP) is 3.27. The van der Waals surface area contributed by atoms with E-state index in [1.807, 2.05) is 32.0 Å². The Morgan fingerprint density at radius 1 is 1.08 bits per heavy atom. The molecule has 5 nitrogen and oxygen atoms in total. The fraction of sp³-hybridized carbons (Fsp3) is 0.222. The van der Waals surface area contributed by atoms with E-state index < -0.39 is 17.9 Å². The zero-order valence-electron chi connectivity index (χ0n) is 13.5. The van der Waals surface area contributed by atoms with Gasteiger partial charge < -0.3 is 4.74 Å². The summed E-state index contributed by atoms with van der Waals surface area (Å²) in [5, 5.41) is 0.312. The minimum atomic E-state index is -0.711. The fourth-order valence-corrected chi connectivity index (χ4v) is 2.30. The van der Waals surface area contributed by atoms with E-state index in [9.17, 15) is 9.59 Å². The zero-order valence-corrected chi connectivity index (χ0v) is 14.3. The van der Waals surface area contributed by atoms with Crippen LogP contribution in [-0.4, -0.2) is 17.9 Å². The number of nitrogens with one attached hydrogen (secondary N) is 2. The first-order chi connectivity index (χ1) is 11.5. The van der Waals surface area contributed by atoms with Crippen LogP contribution in [0.25, 0.3) is 0 Å². The van der Waals surface area contributed by atoms with Crippen molar-refractivity contribution in [1.29, 1.82) is 0 Å². The molecule has 2 rings (SSSR count). The molecule has 6 heteroatoms. The number of hydrogen-bond donors (Lipinski definition) is 2.